The van der Waals surface area contributed by atoms with Gasteiger partial charge in [0.25, 0.3) is 0 Å². The van der Waals surface area contributed by atoms with Gasteiger partial charge >= 0.3 is 0 Å². The van der Waals surface area contributed by atoms with Crippen molar-refractivity contribution in [3.05, 3.63) is 23.3 Å². The van der Waals surface area contributed by atoms with Crippen LogP contribution in [-0.4, -0.2) is 21.9 Å². The maximum atomic E-state index is 9.61. The van der Waals surface area contributed by atoms with Gasteiger partial charge in [-0.15, -0.1) is 0 Å². The molecule has 1 aromatic carbocycles. The van der Waals surface area contributed by atoms with E-state index in [-0.39, 0.29) is 19.0 Å². The molecule has 1 aromatic rings. The number of hydrogen-bond donors (Lipinski definition) is 3. The van der Waals surface area contributed by atoms with Gasteiger partial charge in [0.05, 0.1) is 19.8 Å². The van der Waals surface area contributed by atoms with Crippen LogP contribution >= 0.6 is 0 Å². The van der Waals surface area contributed by atoms with E-state index in [9.17, 15) is 5.11 Å². The highest BCUT2D eigenvalue weighted by Gasteiger charge is 2.09. The molecule has 4 nitrogen and oxygen atoms in total. The van der Waals surface area contributed by atoms with Gasteiger partial charge in [-0.3, -0.25) is 0 Å². The third-order valence-corrected chi connectivity index (χ3v) is 2.35. The number of hydrogen-bond acceptors (Lipinski definition) is 4. The number of phenols is 1. The summed E-state index contributed by atoms with van der Waals surface area (Å²) < 4.78 is 5.45. The fraction of sp³-hybridized carbons (Fsp3) is 0.500. The van der Waals surface area contributed by atoms with Gasteiger partial charge in [0.15, 0.2) is 0 Å². The summed E-state index contributed by atoms with van der Waals surface area (Å²) in [4.78, 5) is 0. The molecule has 0 fully saturated rings. The molecule has 0 unspecified atom stereocenters. The van der Waals surface area contributed by atoms with Crippen molar-refractivity contribution in [2.24, 2.45) is 0 Å². The Morgan fingerprint density at radius 3 is 2.12 bits per heavy atom. The molecule has 0 amide bonds. The van der Waals surface area contributed by atoms with Gasteiger partial charge in [0.1, 0.15) is 11.5 Å². The van der Waals surface area contributed by atoms with E-state index in [0.717, 1.165) is 12.8 Å². The van der Waals surface area contributed by atoms with E-state index in [4.69, 9.17) is 14.9 Å². The zero-order valence-electron chi connectivity index (χ0n) is 9.44. The Morgan fingerprint density at radius 2 is 1.69 bits per heavy atom. The molecule has 90 valence electrons. The Bertz CT molecular complexity index is 311. The van der Waals surface area contributed by atoms with Crippen LogP contribution in [0.1, 0.15) is 30.9 Å². The van der Waals surface area contributed by atoms with Crippen LogP contribution in [0.5, 0.6) is 11.5 Å². The number of aliphatic hydroxyl groups is 2. The van der Waals surface area contributed by atoms with Crippen molar-refractivity contribution in [3.63, 3.8) is 0 Å². The zero-order valence-corrected chi connectivity index (χ0v) is 9.44. The lowest BCUT2D eigenvalue weighted by Crippen LogP contribution is -1.99. The van der Waals surface area contributed by atoms with Crippen LogP contribution in [0.4, 0.5) is 0 Å². The van der Waals surface area contributed by atoms with E-state index >= 15 is 0 Å². The smallest absolute Gasteiger partial charge is 0.126 e. The Balaban J connectivity index is 2.84. The topological polar surface area (TPSA) is 69.9 Å². The van der Waals surface area contributed by atoms with E-state index in [1.807, 2.05) is 0 Å². The van der Waals surface area contributed by atoms with Gasteiger partial charge in [0, 0.05) is 11.1 Å². The Kier molecular flexibility index (Phi) is 5.08. The van der Waals surface area contributed by atoms with Gasteiger partial charge in [-0.05, 0) is 18.6 Å². The molecule has 0 heterocycles. The summed E-state index contributed by atoms with van der Waals surface area (Å²) in [6.45, 7) is 2.11. The summed E-state index contributed by atoms with van der Waals surface area (Å²) in [6.07, 6.45) is 1.99. The molecule has 3 N–H and O–H groups in total. The van der Waals surface area contributed by atoms with E-state index < -0.39 is 0 Å². The fourth-order valence-corrected chi connectivity index (χ4v) is 1.39. The van der Waals surface area contributed by atoms with E-state index in [2.05, 4.69) is 6.92 Å². The molecule has 0 saturated carbocycles. The number of unbranched alkanes of at least 4 members (excludes halogenated alkanes) is 1. The second-order valence-corrected chi connectivity index (χ2v) is 3.61. The maximum absolute atomic E-state index is 9.61. The molecular formula is C12H18O4. The molecule has 0 aliphatic heterocycles. The van der Waals surface area contributed by atoms with Crippen LogP contribution in [0.25, 0.3) is 0 Å². The number of benzene rings is 1. The summed E-state index contributed by atoms with van der Waals surface area (Å²) in [5.74, 6) is 0.507. The van der Waals surface area contributed by atoms with Gasteiger partial charge in [-0.1, -0.05) is 13.3 Å². The van der Waals surface area contributed by atoms with Crippen molar-refractivity contribution < 1.29 is 20.1 Å². The largest absolute Gasteiger partial charge is 0.507 e. The molecule has 0 atom stereocenters. The van der Waals surface area contributed by atoms with Crippen LogP contribution < -0.4 is 4.74 Å². The van der Waals surface area contributed by atoms with E-state index in [0.29, 0.717) is 23.5 Å². The first-order valence-electron chi connectivity index (χ1n) is 5.42. The number of aliphatic hydroxyl groups excluding tert-OH is 2. The Labute approximate surface area is 95.1 Å². The summed E-state index contributed by atoms with van der Waals surface area (Å²) >= 11 is 0. The molecule has 0 aliphatic carbocycles. The summed E-state index contributed by atoms with van der Waals surface area (Å²) in [7, 11) is 0. The molecule has 0 radical (unpaired) electrons. The molecule has 16 heavy (non-hydrogen) atoms. The van der Waals surface area contributed by atoms with Crippen molar-refractivity contribution in [1.29, 1.82) is 0 Å². The van der Waals surface area contributed by atoms with Crippen molar-refractivity contribution >= 4 is 0 Å². The first-order valence-corrected chi connectivity index (χ1v) is 5.42. The van der Waals surface area contributed by atoms with Crippen molar-refractivity contribution in [2.45, 2.75) is 33.0 Å². The molecule has 0 spiro atoms. The third-order valence-electron chi connectivity index (χ3n) is 2.35. The molecule has 1 rings (SSSR count). The quantitative estimate of drug-likeness (QED) is 0.644. The van der Waals surface area contributed by atoms with Crippen LogP contribution in [0.15, 0.2) is 12.1 Å². The van der Waals surface area contributed by atoms with Crippen LogP contribution in [0.2, 0.25) is 0 Å². The third kappa shape index (κ3) is 3.12. The summed E-state index contributed by atoms with van der Waals surface area (Å²) in [6, 6.07) is 3.17. The lowest BCUT2D eigenvalue weighted by atomic mass is 10.1. The normalized spacial score (nSPS) is 10.4. The maximum Gasteiger partial charge on any atom is 0.126 e. The summed E-state index contributed by atoms with van der Waals surface area (Å²) in [5.41, 5.74) is 0.746. The fourth-order valence-electron chi connectivity index (χ4n) is 1.39. The van der Waals surface area contributed by atoms with Gasteiger partial charge in [-0.25, -0.2) is 0 Å². The Hall–Kier alpha value is -1.26. The highest BCUT2D eigenvalue weighted by Crippen LogP contribution is 2.28. The molecule has 0 aromatic heterocycles. The van der Waals surface area contributed by atoms with Gasteiger partial charge < -0.3 is 20.1 Å². The van der Waals surface area contributed by atoms with Crippen LogP contribution in [0, 0.1) is 0 Å². The zero-order chi connectivity index (χ0) is 12.0. The second kappa shape index (κ2) is 6.35. The first kappa shape index (κ1) is 12.8. The minimum absolute atomic E-state index is 0.0622. The van der Waals surface area contributed by atoms with Crippen LogP contribution in [0.3, 0.4) is 0 Å². The monoisotopic (exact) mass is 226 g/mol. The number of aromatic hydroxyl groups is 1. The van der Waals surface area contributed by atoms with Gasteiger partial charge in [0.2, 0.25) is 0 Å². The molecule has 4 heteroatoms. The standard InChI is InChI=1S/C12H18O4/c1-2-3-4-16-11-5-9(7-13)12(15)10(6-11)8-14/h5-6,13-15H,2-4,7-8H2,1H3. The lowest BCUT2D eigenvalue weighted by molar-refractivity contribution is 0.259. The van der Waals surface area contributed by atoms with Crippen molar-refractivity contribution in [3.8, 4) is 11.5 Å². The molecular weight excluding hydrogens is 208 g/mol. The minimum Gasteiger partial charge on any atom is -0.507 e. The molecule has 0 saturated heterocycles. The van der Waals surface area contributed by atoms with E-state index in [1.165, 1.54) is 0 Å². The minimum atomic E-state index is -0.274. The summed E-state index contributed by atoms with van der Waals surface area (Å²) in [5, 5.41) is 27.7. The predicted octanol–water partition coefficient (Wildman–Crippen LogP) is 1.56. The van der Waals surface area contributed by atoms with Crippen molar-refractivity contribution in [2.75, 3.05) is 6.61 Å². The highest BCUT2D eigenvalue weighted by molar-refractivity contribution is 5.45. The van der Waals surface area contributed by atoms with Crippen LogP contribution in [-0.2, 0) is 13.2 Å². The average Bonchev–Trinajstić information content (AvgIpc) is 2.31. The van der Waals surface area contributed by atoms with E-state index in [1.54, 1.807) is 12.1 Å². The number of ether oxygens (including phenoxy) is 1. The van der Waals surface area contributed by atoms with Crippen molar-refractivity contribution in [1.82, 2.24) is 0 Å². The Morgan fingerprint density at radius 1 is 1.12 bits per heavy atom. The molecule has 0 aliphatic rings. The number of rotatable bonds is 6. The highest BCUT2D eigenvalue weighted by atomic mass is 16.5. The average molecular weight is 226 g/mol. The second-order valence-electron chi connectivity index (χ2n) is 3.61. The SMILES string of the molecule is CCCCOc1cc(CO)c(O)c(CO)c1. The van der Waals surface area contributed by atoms with Gasteiger partial charge in [-0.2, -0.15) is 0 Å². The predicted molar refractivity (Wildman–Crippen MR) is 60.4 cm³/mol. The first-order chi connectivity index (χ1) is 7.72. The lowest BCUT2D eigenvalue weighted by Gasteiger charge is -2.11. The molecule has 0 bridgehead atoms.